The van der Waals surface area contributed by atoms with Crippen LogP contribution >= 0.6 is 0 Å². The Bertz CT molecular complexity index is 156. The van der Waals surface area contributed by atoms with E-state index in [2.05, 4.69) is 4.36 Å². The van der Waals surface area contributed by atoms with E-state index in [-0.39, 0.29) is 6.04 Å². The number of hydrogen-bond acceptors (Lipinski definition) is 3. The Labute approximate surface area is 56.5 Å². The molecule has 1 aliphatic rings. The quantitative estimate of drug-likeness (QED) is 0.453. The third-order valence-electron chi connectivity index (χ3n) is 1.56. The van der Waals surface area contributed by atoms with Gasteiger partial charge >= 0.3 is 0 Å². The van der Waals surface area contributed by atoms with Gasteiger partial charge in [0.1, 0.15) is 0 Å². The van der Waals surface area contributed by atoms with Gasteiger partial charge in [0.2, 0.25) is 0 Å². The van der Waals surface area contributed by atoms with Crippen LogP contribution in [0.5, 0.6) is 0 Å². The molecular weight excluding hydrogens is 138 g/mol. The van der Waals surface area contributed by atoms with Gasteiger partial charge in [-0.15, -0.1) is 0 Å². The lowest BCUT2D eigenvalue weighted by atomic mass is 10.3. The molecule has 1 saturated carbocycles. The van der Waals surface area contributed by atoms with Gasteiger partial charge in [-0.25, -0.2) is 0 Å². The number of hydrogen-bond donors (Lipinski definition) is 1. The third kappa shape index (κ3) is 2.32. The van der Waals surface area contributed by atoms with Crippen LogP contribution in [0.15, 0.2) is 4.36 Å². The summed E-state index contributed by atoms with van der Waals surface area (Å²) in [5, 5.41) is 0. The van der Waals surface area contributed by atoms with Gasteiger partial charge in [0.25, 0.3) is 0 Å². The second-order valence-electron chi connectivity index (χ2n) is 2.27. The molecule has 3 nitrogen and oxygen atoms in total. The molecule has 0 amide bonds. The lowest BCUT2D eigenvalue weighted by molar-refractivity contribution is 0.521. The lowest BCUT2D eigenvalue weighted by Crippen LogP contribution is -1.94. The van der Waals surface area contributed by atoms with Crippen molar-refractivity contribution in [2.24, 2.45) is 4.36 Å². The van der Waals surface area contributed by atoms with Gasteiger partial charge in [-0.05, 0) is 12.8 Å². The molecule has 0 atom stereocenters. The summed E-state index contributed by atoms with van der Waals surface area (Å²) in [4.78, 5) is 0. The van der Waals surface area contributed by atoms with E-state index in [9.17, 15) is 4.21 Å². The molecule has 1 N–H and O–H groups in total. The zero-order valence-corrected chi connectivity index (χ0v) is 5.93. The van der Waals surface area contributed by atoms with Gasteiger partial charge in [0.15, 0.2) is 0 Å². The van der Waals surface area contributed by atoms with E-state index < -0.39 is 10.9 Å². The summed E-state index contributed by atoms with van der Waals surface area (Å²) in [6.45, 7) is 0. The van der Waals surface area contributed by atoms with Crippen molar-refractivity contribution in [3.8, 4) is 0 Å². The molecular formula is C5H10NO2S-. The molecule has 9 heavy (non-hydrogen) atoms. The van der Waals surface area contributed by atoms with Gasteiger partial charge in [-0.1, -0.05) is 23.7 Å². The molecule has 54 valence electrons. The predicted molar refractivity (Wildman–Crippen MR) is 35.4 cm³/mol. The van der Waals surface area contributed by atoms with E-state index in [1.54, 1.807) is 0 Å². The van der Waals surface area contributed by atoms with Gasteiger partial charge < -0.3 is 13.1 Å². The van der Waals surface area contributed by atoms with Crippen LogP contribution in [0.3, 0.4) is 0 Å². The Morgan fingerprint density at radius 3 is 2.44 bits per heavy atom. The fourth-order valence-electron chi connectivity index (χ4n) is 1.14. The molecule has 0 saturated heterocycles. The summed E-state index contributed by atoms with van der Waals surface area (Å²) in [5.74, 6) is 0. The summed E-state index contributed by atoms with van der Waals surface area (Å²) < 4.78 is 22.0. The van der Waals surface area contributed by atoms with Gasteiger partial charge in [-0.2, -0.15) is 0 Å². The summed E-state index contributed by atoms with van der Waals surface area (Å²) in [7, 11) is -1.93. The molecule has 1 fully saturated rings. The molecule has 1 rings (SSSR count). The number of nitrogens with zero attached hydrogens (tertiary/aromatic N) is 1. The predicted octanol–water partition coefficient (Wildman–Crippen LogP) is 1.55. The van der Waals surface area contributed by atoms with Gasteiger partial charge in [0, 0.05) is 6.04 Å². The maximum absolute atomic E-state index is 10.1. The smallest absolute Gasteiger partial charge is 0.0258 e. The van der Waals surface area contributed by atoms with E-state index in [0.29, 0.717) is 0 Å². The van der Waals surface area contributed by atoms with Crippen molar-refractivity contribution in [1.82, 2.24) is 0 Å². The Kier molecular flexibility index (Phi) is 2.48. The first-order valence-electron chi connectivity index (χ1n) is 3.11. The first-order valence-corrected chi connectivity index (χ1v) is 4.17. The zero-order valence-electron chi connectivity index (χ0n) is 5.12. The molecule has 0 aliphatic heterocycles. The van der Waals surface area contributed by atoms with E-state index in [4.69, 9.17) is 4.55 Å². The van der Waals surface area contributed by atoms with Crippen LogP contribution in [0.1, 0.15) is 25.7 Å². The maximum atomic E-state index is 10.1. The van der Waals surface area contributed by atoms with Crippen LogP contribution < -0.4 is 0 Å². The molecule has 4 heteroatoms. The Hall–Kier alpha value is -0.0900. The van der Waals surface area contributed by atoms with E-state index >= 15 is 0 Å². The third-order valence-corrected chi connectivity index (χ3v) is 2.04. The highest BCUT2D eigenvalue weighted by Crippen LogP contribution is 2.20. The van der Waals surface area contributed by atoms with Crippen molar-refractivity contribution in [2.45, 2.75) is 31.7 Å². The Balaban J connectivity index is 2.44. The van der Waals surface area contributed by atoms with Crippen molar-refractivity contribution in [2.75, 3.05) is 0 Å². The summed E-state index contributed by atoms with van der Waals surface area (Å²) in [6, 6.07) is 0.163. The van der Waals surface area contributed by atoms with Gasteiger partial charge in [-0.3, -0.25) is 0 Å². The molecule has 0 spiro atoms. The average Bonchev–Trinajstić information content (AvgIpc) is 2.15. The van der Waals surface area contributed by atoms with Crippen LogP contribution in [0.4, 0.5) is 0 Å². The highest BCUT2D eigenvalue weighted by molar-refractivity contribution is 7.68. The molecule has 0 heterocycles. The minimum absolute atomic E-state index is 0.163. The fraction of sp³-hybridized carbons (Fsp3) is 1.00. The summed E-state index contributed by atoms with van der Waals surface area (Å²) in [5.41, 5.74) is 0. The first-order chi connectivity index (χ1) is 4.29. The van der Waals surface area contributed by atoms with Crippen molar-refractivity contribution < 1.29 is 8.76 Å². The van der Waals surface area contributed by atoms with Crippen molar-refractivity contribution in [3.63, 3.8) is 0 Å². The molecule has 0 bridgehead atoms. The summed E-state index contributed by atoms with van der Waals surface area (Å²) in [6.07, 6.45) is 4.30. The number of rotatable bonds is 1. The van der Waals surface area contributed by atoms with Crippen LogP contribution in [-0.4, -0.2) is 10.6 Å². The minimum atomic E-state index is -1.93. The zero-order chi connectivity index (χ0) is 6.69. The van der Waals surface area contributed by atoms with Crippen LogP contribution in [-0.2, 0) is 15.1 Å². The molecule has 0 unspecified atom stereocenters. The second kappa shape index (κ2) is 3.17. The molecule has 0 aromatic rings. The highest BCUT2D eigenvalue weighted by atomic mass is 32.2. The fourth-order valence-corrected chi connectivity index (χ4v) is 1.60. The van der Waals surface area contributed by atoms with Gasteiger partial charge in [0.05, 0.1) is 0 Å². The SMILES string of the molecule is O=[S-](O)=NC1CCCC1. The minimum Gasteiger partial charge on any atom is -0.454 e. The Morgan fingerprint density at radius 2 is 2.00 bits per heavy atom. The largest absolute Gasteiger partial charge is 0.454 e. The van der Waals surface area contributed by atoms with Crippen LogP contribution in [0.2, 0.25) is 0 Å². The standard InChI is InChI=1S/C5H10NO2S/c7-9(8)6-5-3-1-2-4-5/h5H,1-4H2,(H,6,7,8)/q-1. The first kappa shape index (κ1) is 7.02. The van der Waals surface area contributed by atoms with E-state index in [1.807, 2.05) is 0 Å². The Morgan fingerprint density at radius 1 is 1.44 bits per heavy atom. The topological polar surface area (TPSA) is 49.7 Å². The van der Waals surface area contributed by atoms with E-state index in [1.165, 1.54) is 0 Å². The normalized spacial score (nSPS) is 25.0. The highest BCUT2D eigenvalue weighted by Gasteiger charge is 2.10. The average molecular weight is 148 g/mol. The molecule has 0 radical (unpaired) electrons. The molecule has 0 aromatic carbocycles. The summed E-state index contributed by atoms with van der Waals surface area (Å²) >= 11 is 0. The van der Waals surface area contributed by atoms with Crippen molar-refractivity contribution in [1.29, 1.82) is 0 Å². The molecule has 0 aromatic heterocycles. The lowest BCUT2D eigenvalue weighted by Gasteiger charge is -2.03. The monoisotopic (exact) mass is 148 g/mol. The van der Waals surface area contributed by atoms with E-state index in [0.717, 1.165) is 25.7 Å². The van der Waals surface area contributed by atoms with Crippen molar-refractivity contribution in [3.05, 3.63) is 0 Å². The van der Waals surface area contributed by atoms with Crippen LogP contribution in [0.25, 0.3) is 0 Å². The second-order valence-corrected chi connectivity index (χ2v) is 2.95. The van der Waals surface area contributed by atoms with Crippen molar-refractivity contribution >= 4 is 10.9 Å². The van der Waals surface area contributed by atoms with Crippen LogP contribution in [0, 0.1) is 0 Å². The molecule has 1 aliphatic carbocycles. The maximum Gasteiger partial charge on any atom is 0.0258 e.